The molecular weight excluding hydrogens is 504 g/mol. The summed E-state index contributed by atoms with van der Waals surface area (Å²) in [6.45, 7) is 4.12. The summed E-state index contributed by atoms with van der Waals surface area (Å²) in [7, 11) is 0. The van der Waals surface area contributed by atoms with Gasteiger partial charge in [0.05, 0.1) is 0 Å². The Morgan fingerprint density at radius 3 is 1.54 bits per heavy atom. The van der Waals surface area contributed by atoms with Crippen molar-refractivity contribution in [3.8, 4) is 23.0 Å². The van der Waals surface area contributed by atoms with Crippen molar-refractivity contribution in [3.05, 3.63) is 32.3 Å². The summed E-state index contributed by atoms with van der Waals surface area (Å²) in [5.74, 6) is 0.285. The van der Waals surface area contributed by atoms with E-state index in [1.54, 1.807) is 0 Å². The van der Waals surface area contributed by atoms with E-state index in [-0.39, 0.29) is 23.2 Å². The van der Waals surface area contributed by atoms with Crippen molar-refractivity contribution in [2.75, 3.05) is 0 Å². The second-order valence-electron chi connectivity index (χ2n) is 11.3. The molecule has 0 heterocycles. The molecule has 0 bridgehead atoms. The van der Waals surface area contributed by atoms with Crippen LogP contribution in [0.3, 0.4) is 0 Å². The van der Waals surface area contributed by atoms with Crippen LogP contribution < -0.4 is 0 Å². The normalized spacial score (nSPS) is 19.9. The number of phenols is 4. The van der Waals surface area contributed by atoms with Crippen LogP contribution in [0.4, 0.5) is 0 Å². The van der Waals surface area contributed by atoms with E-state index >= 15 is 0 Å². The van der Waals surface area contributed by atoms with Crippen LogP contribution in [-0.4, -0.2) is 20.4 Å². The second-order valence-corrected chi connectivity index (χ2v) is 12.1. The van der Waals surface area contributed by atoms with Crippen LogP contribution in [-0.2, 0) is 0 Å². The van der Waals surface area contributed by atoms with Crippen LogP contribution >= 0.6 is 15.9 Å². The summed E-state index contributed by atoms with van der Waals surface area (Å²) in [5.41, 5.74) is 5.37. The molecule has 0 atom stereocenters. The molecule has 0 aromatic heterocycles. The van der Waals surface area contributed by atoms with E-state index in [4.69, 9.17) is 0 Å². The largest absolute Gasteiger partial charge is 0.507 e. The summed E-state index contributed by atoms with van der Waals surface area (Å²) < 4.78 is 0.622. The third-order valence-corrected chi connectivity index (χ3v) is 10.3. The lowest BCUT2D eigenvalue weighted by molar-refractivity contribution is 0.359. The van der Waals surface area contributed by atoms with Gasteiger partial charge >= 0.3 is 0 Å². The molecular formula is C30H35BrO4. The molecule has 3 fully saturated rings. The molecule has 0 spiro atoms. The smallest absolute Gasteiger partial charge is 0.201 e. The Morgan fingerprint density at radius 1 is 0.486 bits per heavy atom. The Balaban J connectivity index is 1.87. The molecule has 4 N–H and O–H groups in total. The van der Waals surface area contributed by atoms with E-state index in [0.29, 0.717) is 21.7 Å². The van der Waals surface area contributed by atoms with Crippen molar-refractivity contribution >= 4 is 37.5 Å². The molecule has 0 radical (unpaired) electrons. The van der Waals surface area contributed by atoms with Crippen molar-refractivity contribution in [1.29, 1.82) is 0 Å². The Hall–Kier alpha value is -2.14. The zero-order valence-electron chi connectivity index (χ0n) is 20.7. The molecule has 0 unspecified atom stereocenters. The van der Waals surface area contributed by atoms with Crippen LogP contribution in [0, 0.1) is 13.8 Å². The maximum absolute atomic E-state index is 11.5. The molecule has 3 aromatic carbocycles. The predicted octanol–water partition coefficient (Wildman–Crippen LogP) is 8.78. The first-order valence-electron chi connectivity index (χ1n) is 13.4. The molecule has 5 heteroatoms. The summed E-state index contributed by atoms with van der Waals surface area (Å²) in [6, 6.07) is 0. The minimum absolute atomic E-state index is 0.147. The molecule has 6 rings (SSSR count). The Kier molecular flexibility index (Phi) is 5.63. The van der Waals surface area contributed by atoms with Gasteiger partial charge in [0.1, 0.15) is 5.75 Å². The molecule has 0 saturated heterocycles. The van der Waals surface area contributed by atoms with Gasteiger partial charge in [0.15, 0.2) is 11.5 Å². The van der Waals surface area contributed by atoms with Crippen molar-refractivity contribution in [1.82, 2.24) is 0 Å². The van der Waals surface area contributed by atoms with Crippen molar-refractivity contribution in [2.45, 2.75) is 102 Å². The van der Waals surface area contributed by atoms with Gasteiger partial charge < -0.3 is 20.4 Å². The number of rotatable bonds is 3. The zero-order valence-corrected chi connectivity index (χ0v) is 22.3. The van der Waals surface area contributed by atoms with Gasteiger partial charge in [-0.2, -0.15) is 0 Å². The molecule has 0 aliphatic heterocycles. The molecule has 0 amide bonds. The first kappa shape index (κ1) is 23.3. The number of hydrogen-bond acceptors (Lipinski definition) is 4. The highest BCUT2D eigenvalue weighted by molar-refractivity contribution is 9.10. The Labute approximate surface area is 215 Å². The van der Waals surface area contributed by atoms with E-state index in [0.717, 1.165) is 90.6 Å². The lowest BCUT2D eigenvalue weighted by atomic mass is 9.69. The van der Waals surface area contributed by atoms with Gasteiger partial charge in [-0.3, -0.25) is 0 Å². The summed E-state index contributed by atoms with van der Waals surface area (Å²) in [4.78, 5) is 0. The van der Waals surface area contributed by atoms with Crippen molar-refractivity contribution < 1.29 is 20.4 Å². The minimum atomic E-state index is -0.444. The van der Waals surface area contributed by atoms with Crippen molar-refractivity contribution in [2.24, 2.45) is 0 Å². The number of hydrogen-bond donors (Lipinski definition) is 4. The topological polar surface area (TPSA) is 80.9 Å². The predicted molar refractivity (Wildman–Crippen MR) is 144 cm³/mol. The third kappa shape index (κ3) is 3.22. The van der Waals surface area contributed by atoms with Crippen LogP contribution in [0.15, 0.2) is 4.47 Å². The third-order valence-electron chi connectivity index (χ3n) is 9.56. The van der Waals surface area contributed by atoms with Gasteiger partial charge in [0.2, 0.25) is 5.75 Å². The number of benzene rings is 3. The highest BCUT2D eigenvalue weighted by Crippen LogP contribution is 2.60. The average Bonchev–Trinajstić information content (AvgIpc) is 2.78. The van der Waals surface area contributed by atoms with E-state index < -0.39 is 5.75 Å². The van der Waals surface area contributed by atoms with Gasteiger partial charge in [-0.05, 0) is 119 Å². The lowest BCUT2D eigenvalue weighted by Gasteiger charge is -2.36. The molecule has 35 heavy (non-hydrogen) atoms. The van der Waals surface area contributed by atoms with E-state index in [2.05, 4.69) is 22.9 Å². The van der Waals surface area contributed by atoms with E-state index in [9.17, 15) is 20.4 Å². The summed E-state index contributed by atoms with van der Waals surface area (Å²) >= 11 is 3.79. The summed E-state index contributed by atoms with van der Waals surface area (Å²) in [5, 5.41) is 48.2. The fourth-order valence-corrected chi connectivity index (χ4v) is 7.85. The molecule has 3 saturated carbocycles. The Bertz CT molecular complexity index is 1360. The molecule has 3 aliphatic carbocycles. The Morgan fingerprint density at radius 2 is 0.971 bits per heavy atom. The fourth-order valence-electron chi connectivity index (χ4n) is 7.08. The molecule has 3 aromatic rings. The van der Waals surface area contributed by atoms with Crippen LogP contribution in [0.1, 0.15) is 116 Å². The SMILES string of the molecule is Cc1c(C)c(C2CCC2)c2c(C3CCC3)c3c(C4CCCCC4)c(O)c(O)c(O)c3c(Br)c2c1O. The van der Waals surface area contributed by atoms with Crippen molar-refractivity contribution in [3.63, 3.8) is 0 Å². The number of aromatic hydroxyl groups is 4. The first-order valence-corrected chi connectivity index (χ1v) is 14.2. The molecule has 186 valence electrons. The maximum Gasteiger partial charge on any atom is 0.201 e. The lowest BCUT2D eigenvalue weighted by Crippen LogP contribution is -2.17. The molecule has 4 nitrogen and oxygen atoms in total. The monoisotopic (exact) mass is 538 g/mol. The number of fused-ring (bicyclic) bond motifs is 2. The minimum Gasteiger partial charge on any atom is -0.507 e. The quantitative estimate of drug-likeness (QED) is 0.198. The van der Waals surface area contributed by atoms with Crippen LogP contribution in [0.25, 0.3) is 21.5 Å². The highest BCUT2D eigenvalue weighted by Gasteiger charge is 2.37. The van der Waals surface area contributed by atoms with Gasteiger partial charge in [-0.15, -0.1) is 0 Å². The van der Waals surface area contributed by atoms with Gasteiger partial charge in [-0.25, -0.2) is 0 Å². The summed E-state index contributed by atoms with van der Waals surface area (Å²) in [6.07, 6.45) is 12.2. The van der Waals surface area contributed by atoms with E-state index in [1.807, 2.05) is 6.92 Å². The zero-order chi connectivity index (χ0) is 24.6. The number of phenolic OH excluding ortho intramolecular Hbond substituents is 4. The van der Waals surface area contributed by atoms with E-state index in [1.165, 1.54) is 24.0 Å². The highest BCUT2D eigenvalue weighted by atomic mass is 79.9. The maximum atomic E-state index is 11.5. The van der Waals surface area contributed by atoms with Gasteiger partial charge in [0.25, 0.3) is 0 Å². The number of halogens is 1. The second kappa shape index (κ2) is 8.47. The average molecular weight is 540 g/mol. The van der Waals surface area contributed by atoms with Gasteiger partial charge in [-0.1, -0.05) is 32.1 Å². The van der Waals surface area contributed by atoms with Gasteiger partial charge in [0, 0.05) is 20.8 Å². The fraction of sp³-hybridized carbons (Fsp3) is 0.533. The van der Waals surface area contributed by atoms with Crippen LogP contribution in [0.2, 0.25) is 0 Å². The van der Waals surface area contributed by atoms with Crippen LogP contribution in [0.5, 0.6) is 23.0 Å². The first-order chi connectivity index (χ1) is 16.8. The standard InChI is InChI=1S/C30H35BrO4/c1-14-15(2)27(32)24-22(19(14)16-10-6-11-16)20(17-12-7-13-17)23-21(18-8-4-3-5-9-18)28(33)30(35)29(34)25(23)26(24)31/h16-18,32-35H,3-13H2,1-2H3. The molecule has 3 aliphatic rings.